The third-order valence-corrected chi connectivity index (χ3v) is 4.24. The third-order valence-electron chi connectivity index (χ3n) is 3.65. The Balaban J connectivity index is 2.06. The number of esters is 1. The van der Waals surface area contributed by atoms with Crippen molar-refractivity contribution in [3.8, 4) is 0 Å². The van der Waals surface area contributed by atoms with E-state index in [9.17, 15) is 9.18 Å². The standard InChI is InChI=1S/C18H13Cl2FN2O2/c1-25-18(24)7-5-16-14-8-12(19)3-6-17(14)23(22-16)10-11-2-4-13(21)9-15(11)20/h2-9H,10H2,1H3. The van der Waals surface area contributed by atoms with Crippen molar-refractivity contribution in [1.29, 1.82) is 0 Å². The van der Waals surface area contributed by atoms with E-state index in [4.69, 9.17) is 23.2 Å². The minimum atomic E-state index is -0.480. The lowest BCUT2D eigenvalue weighted by atomic mass is 10.2. The van der Waals surface area contributed by atoms with Crippen molar-refractivity contribution < 1.29 is 13.9 Å². The number of halogens is 3. The van der Waals surface area contributed by atoms with Crippen LogP contribution < -0.4 is 0 Å². The average Bonchev–Trinajstić information content (AvgIpc) is 2.92. The molecule has 0 saturated carbocycles. The summed E-state index contributed by atoms with van der Waals surface area (Å²) in [5, 5.41) is 6.17. The molecule has 1 aromatic heterocycles. The molecule has 0 fully saturated rings. The summed E-state index contributed by atoms with van der Waals surface area (Å²) in [6.07, 6.45) is 2.85. The highest BCUT2D eigenvalue weighted by atomic mass is 35.5. The third kappa shape index (κ3) is 3.83. The Hall–Kier alpha value is -2.37. The number of ether oxygens (including phenoxy) is 1. The summed E-state index contributed by atoms with van der Waals surface area (Å²) < 4.78 is 19.5. The van der Waals surface area contributed by atoms with Gasteiger partial charge in [0.15, 0.2) is 0 Å². The highest BCUT2D eigenvalue weighted by molar-refractivity contribution is 6.31. The van der Waals surface area contributed by atoms with Gasteiger partial charge in [0, 0.05) is 21.5 Å². The van der Waals surface area contributed by atoms with Crippen LogP contribution >= 0.6 is 23.2 Å². The zero-order chi connectivity index (χ0) is 18.0. The second kappa shape index (κ2) is 7.25. The van der Waals surface area contributed by atoms with Crippen LogP contribution in [0.3, 0.4) is 0 Å². The van der Waals surface area contributed by atoms with Crippen LogP contribution in [-0.4, -0.2) is 22.9 Å². The summed E-state index contributed by atoms with van der Waals surface area (Å²) in [6, 6.07) is 9.58. The number of rotatable bonds is 4. The second-order valence-electron chi connectivity index (χ2n) is 5.30. The van der Waals surface area contributed by atoms with Gasteiger partial charge in [-0.3, -0.25) is 4.68 Å². The van der Waals surface area contributed by atoms with Crippen LogP contribution in [-0.2, 0) is 16.1 Å². The fraction of sp³-hybridized carbons (Fsp3) is 0.111. The Morgan fingerprint density at radius 3 is 2.80 bits per heavy atom. The molecule has 4 nitrogen and oxygen atoms in total. The monoisotopic (exact) mass is 378 g/mol. The van der Waals surface area contributed by atoms with E-state index in [0.717, 1.165) is 16.5 Å². The molecule has 128 valence electrons. The summed E-state index contributed by atoms with van der Waals surface area (Å²) in [5.74, 6) is -0.876. The van der Waals surface area contributed by atoms with E-state index >= 15 is 0 Å². The fourth-order valence-electron chi connectivity index (χ4n) is 2.45. The number of carbonyl (C=O) groups excluding carboxylic acids is 1. The van der Waals surface area contributed by atoms with Crippen molar-refractivity contribution in [1.82, 2.24) is 9.78 Å². The van der Waals surface area contributed by atoms with Crippen LogP contribution in [0.5, 0.6) is 0 Å². The predicted molar refractivity (Wildman–Crippen MR) is 96.3 cm³/mol. The van der Waals surface area contributed by atoms with Gasteiger partial charge in [-0.1, -0.05) is 29.3 Å². The van der Waals surface area contributed by atoms with E-state index in [1.807, 2.05) is 6.07 Å². The molecule has 7 heteroatoms. The maximum absolute atomic E-state index is 13.2. The van der Waals surface area contributed by atoms with Crippen LogP contribution in [0.2, 0.25) is 10.0 Å². The van der Waals surface area contributed by atoms with E-state index in [1.165, 1.54) is 25.3 Å². The normalized spacial score (nSPS) is 11.4. The van der Waals surface area contributed by atoms with Crippen LogP contribution in [0.25, 0.3) is 17.0 Å². The van der Waals surface area contributed by atoms with E-state index in [0.29, 0.717) is 22.3 Å². The number of hydrogen-bond acceptors (Lipinski definition) is 3. The summed E-state index contributed by atoms with van der Waals surface area (Å²) in [4.78, 5) is 11.3. The van der Waals surface area contributed by atoms with Gasteiger partial charge >= 0.3 is 5.97 Å². The molecule has 3 aromatic rings. The molecule has 25 heavy (non-hydrogen) atoms. The molecule has 0 bridgehead atoms. The first kappa shape index (κ1) is 17.5. The largest absolute Gasteiger partial charge is 0.466 e. The Kier molecular flexibility index (Phi) is 5.06. The average molecular weight is 379 g/mol. The summed E-state index contributed by atoms with van der Waals surface area (Å²) in [7, 11) is 1.30. The van der Waals surface area contributed by atoms with E-state index < -0.39 is 11.8 Å². The highest BCUT2D eigenvalue weighted by Gasteiger charge is 2.12. The fourth-order valence-corrected chi connectivity index (χ4v) is 2.85. The van der Waals surface area contributed by atoms with Gasteiger partial charge in [0.05, 0.1) is 24.9 Å². The van der Waals surface area contributed by atoms with Gasteiger partial charge in [0.25, 0.3) is 0 Å². The van der Waals surface area contributed by atoms with E-state index in [1.54, 1.807) is 29.0 Å². The Bertz CT molecular complexity index is 983. The molecular weight excluding hydrogens is 366 g/mol. The SMILES string of the molecule is COC(=O)C=Cc1nn(Cc2ccc(F)cc2Cl)c2ccc(Cl)cc12. The van der Waals surface area contributed by atoms with Crippen LogP contribution in [0.15, 0.2) is 42.5 Å². The van der Waals surface area contributed by atoms with Crippen molar-refractivity contribution in [2.24, 2.45) is 0 Å². The Morgan fingerprint density at radius 1 is 1.28 bits per heavy atom. The quantitative estimate of drug-likeness (QED) is 0.487. The number of aromatic nitrogens is 2. The number of benzene rings is 2. The minimum absolute atomic E-state index is 0.323. The lowest BCUT2D eigenvalue weighted by Gasteiger charge is -2.06. The maximum atomic E-state index is 13.2. The number of hydrogen-bond donors (Lipinski definition) is 0. The molecule has 0 unspecified atom stereocenters. The van der Waals surface area contributed by atoms with Crippen molar-refractivity contribution in [3.63, 3.8) is 0 Å². The summed E-state index contributed by atoms with van der Waals surface area (Å²) in [5.41, 5.74) is 2.11. The molecule has 0 saturated heterocycles. The van der Waals surface area contributed by atoms with E-state index in [2.05, 4.69) is 9.84 Å². The molecule has 0 radical (unpaired) electrons. The molecular formula is C18H13Cl2FN2O2. The van der Waals surface area contributed by atoms with Crippen LogP contribution in [0.4, 0.5) is 4.39 Å². The van der Waals surface area contributed by atoms with Crippen LogP contribution in [0.1, 0.15) is 11.3 Å². The number of fused-ring (bicyclic) bond motifs is 1. The lowest BCUT2D eigenvalue weighted by Crippen LogP contribution is -2.02. The van der Waals surface area contributed by atoms with Crippen molar-refractivity contribution in [2.75, 3.05) is 7.11 Å². The van der Waals surface area contributed by atoms with Gasteiger partial charge in [-0.15, -0.1) is 0 Å². The first-order chi connectivity index (χ1) is 12.0. The van der Waals surface area contributed by atoms with Gasteiger partial charge in [-0.25, -0.2) is 9.18 Å². The van der Waals surface area contributed by atoms with Gasteiger partial charge in [-0.2, -0.15) is 5.10 Å². The molecule has 0 spiro atoms. The second-order valence-corrected chi connectivity index (χ2v) is 6.14. The summed E-state index contributed by atoms with van der Waals surface area (Å²) in [6.45, 7) is 0.351. The smallest absolute Gasteiger partial charge is 0.330 e. The van der Waals surface area contributed by atoms with Gasteiger partial charge in [0.1, 0.15) is 5.82 Å². The van der Waals surface area contributed by atoms with E-state index in [-0.39, 0.29) is 0 Å². The summed E-state index contributed by atoms with van der Waals surface area (Å²) >= 11 is 12.2. The topological polar surface area (TPSA) is 44.1 Å². The zero-order valence-corrected chi connectivity index (χ0v) is 14.7. The molecule has 0 aliphatic heterocycles. The molecule has 0 atom stereocenters. The van der Waals surface area contributed by atoms with Crippen molar-refractivity contribution >= 4 is 46.2 Å². The molecule has 0 aliphatic carbocycles. The molecule has 2 aromatic carbocycles. The van der Waals surface area contributed by atoms with Gasteiger partial charge in [0.2, 0.25) is 0 Å². The van der Waals surface area contributed by atoms with Crippen molar-refractivity contribution in [2.45, 2.75) is 6.54 Å². The molecule has 0 N–H and O–H groups in total. The first-order valence-corrected chi connectivity index (χ1v) is 8.09. The lowest BCUT2D eigenvalue weighted by molar-refractivity contribution is -0.134. The number of carbonyl (C=O) groups is 1. The molecule has 0 aliphatic rings. The van der Waals surface area contributed by atoms with Crippen LogP contribution in [0, 0.1) is 5.82 Å². The minimum Gasteiger partial charge on any atom is -0.466 e. The zero-order valence-electron chi connectivity index (χ0n) is 13.2. The van der Waals surface area contributed by atoms with Gasteiger partial charge < -0.3 is 4.74 Å². The molecule has 3 rings (SSSR count). The van der Waals surface area contributed by atoms with Crippen molar-refractivity contribution in [3.05, 3.63) is 69.6 Å². The molecule has 0 amide bonds. The molecule has 1 heterocycles. The Labute approximate surface area is 153 Å². The van der Waals surface area contributed by atoms with Gasteiger partial charge in [-0.05, 0) is 42.0 Å². The highest BCUT2D eigenvalue weighted by Crippen LogP contribution is 2.26. The number of nitrogens with zero attached hydrogens (tertiary/aromatic N) is 2. The maximum Gasteiger partial charge on any atom is 0.330 e. The predicted octanol–water partition coefficient (Wildman–Crippen LogP) is 4.72. The Morgan fingerprint density at radius 2 is 2.08 bits per heavy atom. The first-order valence-electron chi connectivity index (χ1n) is 7.34. The number of methoxy groups -OCH3 is 1.